The van der Waals surface area contributed by atoms with Crippen molar-refractivity contribution in [2.45, 2.75) is 45.1 Å². The second-order valence-corrected chi connectivity index (χ2v) is 4.53. The van der Waals surface area contributed by atoms with Crippen LogP contribution in [0.4, 0.5) is 4.79 Å². The number of amides is 1. The summed E-state index contributed by atoms with van der Waals surface area (Å²) in [4.78, 5) is 10.9. The first kappa shape index (κ1) is 9.81. The fourth-order valence-electron chi connectivity index (χ4n) is 2.71. The molecule has 14 heavy (non-hydrogen) atoms. The number of carbonyl (C=O) groups excluding carboxylic acids is 1. The molecule has 1 N–H and O–H groups in total. The quantitative estimate of drug-likeness (QED) is 0.737. The van der Waals surface area contributed by atoms with E-state index >= 15 is 0 Å². The molecule has 1 amide bonds. The SMILES string of the molecule is CCC1CCCC(C2CNC(=O)O2)C1. The summed E-state index contributed by atoms with van der Waals surface area (Å²) in [5.41, 5.74) is 0. The lowest BCUT2D eigenvalue weighted by atomic mass is 9.78. The second-order valence-electron chi connectivity index (χ2n) is 4.53. The molecule has 0 bridgehead atoms. The maximum atomic E-state index is 10.9. The first-order chi connectivity index (χ1) is 6.79. The first-order valence-corrected chi connectivity index (χ1v) is 5.74. The molecule has 0 spiro atoms. The van der Waals surface area contributed by atoms with Gasteiger partial charge in [-0.2, -0.15) is 0 Å². The molecule has 0 aromatic rings. The van der Waals surface area contributed by atoms with Crippen LogP contribution >= 0.6 is 0 Å². The lowest BCUT2D eigenvalue weighted by Gasteiger charge is -2.30. The van der Waals surface area contributed by atoms with E-state index in [1.54, 1.807) is 0 Å². The molecular formula is C11H19NO2. The van der Waals surface area contributed by atoms with Crippen molar-refractivity contribution >= 4 is 6.09 Å². The Kier molecular flexibility index (Phi) is 2.94. The molecule has 1 saturated heterocycles. The molecule has 2 aliphatic rings. The number of carbonyl (C=O) groups is 1. The van der Waals surface area contributed by atoms with Crippen LogP contribution in [0, 0.1) is 11.8 Å². The second kappa shape index (κ2) is 4.20. The minimum atomic E-state index is -0.228. The molecule has 3 atom stereocenters. The Balaban J connectivity index is 1.87. The molecule has 1 aliphatic carbocycles. The van der Waals surface area contributed by atoms with Gasteiger partial charge < -0.3 is 10.1 Å². The van der Waals surface area contributed by atoms with Crippen LogP contribution in [0.3, 0.4) is 0 Å². The summed E-state index contributed by atoms with van der Waals surface area (Å²) in [5.74, 6) is 1.46. The number of alkyl carbamates (subject to hydrolysis) is 1. The molecule has 3 heteroatoms. The minimum absolute atomic E-state index is 0.150. The molecule has 2 fully saturated rings. The lowest BCUT2D eigenvalue weighted by molar-refractivity contribution is 0.0757. The van der Waals surface area contributed by atoms with Gasteiger partial charge >= 0.3 is 6.09 Å². The fraction of sp³-hybridized carbons (Fsp3) is 0.909. The summed E-state index contributed by atoms with van der Waals surface area (Å²) < 4.78 is 5.24. The Labute approximate surface area is 85.2 Å². The van der Waals surface area contributed by atoms with E-state index in [0.717, 1.165) is 12.5 Å². The molecule has 0 radical (unpaired) electrons. The summed E-state index contributed by atoms with van der Waals surface area (Å²) in [6, 6.07) is 0. The van der Waals surface area contributed by atoms with Gasteiger partial charge in [0.25, 0.3) is 0 Å². The summed E-state index contributed by atoms with van der Waals surface area (Å²) in [6.07, 6.45) is 6.33. The zero-order chi connectivity index (χ0) is 9.97. The van der Waals surface area contributed by atoms with Crippen LogP contribution in [0.15, 0.2) is 0 Å². The molecular weight excluding hydrogens is 178 g/mol. The van der Waals surface area contributed by atoms with Gasteiger partial charge in [0.2, 0.25) is 0 Å². The zero-order valence-electron chi connectivity index (χ0n) is 8.79. The molecule has 3 unspecified atom stereocenters. The van der Waals surface area contributed by atoms with Gasteiger partial charge in [-0.25, -0.2) is 4.79 Å². The standard InChI is InChI=1S/C11H19NO2/c1-2-8-4-3-5-9(6-8)10-7-12-11(13)14-10/h8-10H,2-7H2,1H3,(H,12,13). The summed E-state index contributed by atoms with van der Waals surface area (Å²) in [6.45, 7) is 2.98. The van der Waals surface area contributed by atoms with Crippen molar-refractivity contribution in [2.24, 2.45) is 11.8 Å². The molecule has 0 aromatic heterocycles. The Morgan fingerprint density at radius 2 is 2.36 bits per heavy atom. The van der Waals surface area contributed by atoms with Gasteiger partial charge in [-0.15, -0.1) is 0 Å². The van der Waals surface area contributed by atoms with E-state index < -0.39 is 0 Å². The number of ether oxygens (including phenoxy) is 1. The topological polar surface area (TPSA) is 38.3 Å². The molecule has 3 nitrogen and oxygen atoms in total. The molecule has 1 saturated carbocycles. The van der Waals surface area contributed by atoms with Gasteiger partial charge in [-0.3, -0.25) is 0 Å². The van der Waals surface area contributed by atoms with E-state index in [1.807, 2.05) is 0 Å². The highest BCUT2D eigenvalue weighted by atomic mass is 16.6. The fourth-order valence-corrected chi connectivity index (χ4v) is 2.71. The van der Waals surface area contributed by atoms with Crippen molar-refractivity contribution in [3.05, 3.63) is 0 Å². The Hall–Kier alpha value is -0.730. The number of nitrogens with one attached hydrogen (secondary N) is 1. The Bertz CT molecular complexity index is 217. The minimum Gasteiger partial charge on any atom is -0.444 e. The van der Waals surface area contributed by atoms with E-state index in [9.17, 15) is 4.79 Å². The third kappa shape index (κ3) is 2.02. The highest BCUT2D eigenvalue weighted by molar-refractivity contribution is 5.69. The van der Waals surface area contributed by atoms with Crippen molar-refractivity contribution in [3.8, 4) is 0 Å². The predicted molar refractivity (Wildman–Crippen MR) is 54.0 cm³/mol. The Morgan fingerprint density at radius 1 is 1.50 bits per heavy atom. The average molecular weight is 197 g/mol. The van der Waals surface area contributed by atoms with Gasteiger partial charge in [0, 0.05) is 0 Å². The first-order valence-electron chi connectivity index (χ1n) is 5.74. The smallest absolute Gasteiger partial charge is 0.407 e. The number of hydrogen-bond acceptors (Lipinski definition) is 2. The summed E-state index contributed by atoms with van der Waals surface area (Å²) >= 11 is 0. The van der Waals surface area contributed by atoms with Gasteiger partial charge in [-0.05, 0) is 24.7 Å². The third-order valence-corrected chi connectivity index (χ3v) is 3.63. The van der Waals surface area contributed by atoms with Crippen molar-refractivity contribution in [2.75, 3.05) is 6.54 Å². The predicted octanol–water partition coefficient (Wildman–Crippen LogP) is 2.31. The van der Waals surface area contributed by atoms with E-state index in [-0.39, 0.29) is 12.2 Å². The molecule has 1 aliphatic heterocycles. The van der Waals surface area contributed by atoms with Crippen LogP contribution in [0.5, 0.6) is 0 Å². The van der Waals surface area contributed by atoms with E-state index in [0.29, 0.717) is 5.92 Å². The van der Waals surface area contributed by atoms with Crippen LogP contribution in [0.2, 0.25) is 0 Å². The van der Waals surface area contributed by atoms with Crippen molar-refractivity contribution in [1.82, 2.24) is 5.32 Å². The average Bonchev–Trinajstić information content (AvgIpc) is 2.65. The van der Waals surface area contributed by atoms with Crippen molar-refractivity contribution < 1.29 is 9.53 Å². The van der Waals surface area contributed by atoms with Crippen molar-refractivity contribution in [1.29, 1.82) is 0 Å². The highest BCUT2D eigenvalue weighted by Gasteiger charge is 2.33. The van der Waals surface area contributed by atoms with E-state index in [2.05, 4.69) is 12.2 Å². The van der Waals surface area contributed by atoms with Gasteiger partial charge in [0.05, 0.1) is 6.54 Å². The third-order valence-electron chi connectivity index (χ3n) is 3.63. The zero-order valence-corrected chi connectivity index (χ0v) is 8.79. The van der Waals surface area contributed by atoms with Crippen LogP contribution < -0.4 is 5.32 Å². The summed E-state index contributed by atoms with van der Waals surface area (Å²) in [5, 5.41) is 2.74. The van der Waals surface area contributed by atoms with Crippen LogP contribution in [0.25, 0.3) is 0 Å². The molecule has 1 heterocycles. The van der Waals surface area contributed by atoms with Gasteiger partial charge in [0.15, 0.2) is 0 Å². The normalized spacial score (nSPS) is 37.8. The van der Waals surface area contributed by atoms with Crippen molar-refractivity contribution in [3.63, 3.8) is 0 Å². The number of rotatable bonds is 2. The maximum Gasteiger partial charge on any atom is 0.407 e. The maximum absolute atomic E-state index is 10.9. The number of hydrogen-bond donors (Lipinski definition) is 1. The van der Waals surface area contributed by atoms with Crippen LogP contribution in [-0.4, -0.2) is 18.7 Å². The van der Waals surface area contributed by atoms with E-state index in [4.69, 9.17) is 4.74 Å². The van der Waals surface area contributed by atoms with E-state index in [1.165, 1.54) is 32.1 Å². The molecule has 80 valence electrons. The summed E-state index contributed by atoms with van der Waals surface area (Å²) in [7, 11) is 0. The highest BCUT2D eigenvalue weighted by Crippen LogP contribution is 2.34. The largest absolute Gasteiger partial charge is 0.444 e. The lowest BCUT2D eigenvalue weighted by Crippen LogP contribution is -2.29. The van der Waals surface area contributed by atoms with Crippen LogP contribution in [0.1, 0.15) is 39.0 Å². The number of cyclic esters (lactones) is 1. The Morgan fingerprint density at radius 3 is 3.00 bits per heavy atom. The molecule has 0 aromatic carbocycles. The molecule has 2 rings (SSSR count). The van der Waals surface area contributed by atoms with Crippen LogP contribution in [-0.2, 0) is 4.74 Å². The van der Waals surface area contributed by atoms with Gasteiger partial charge in [0.1, 0.15) is 6.10 Å². The van der Waals surface area contributed by atoms with Gasteiger partial charge in [-0.1, -0.05) is 26.2 Å². The monoisotopic (exact) mass is 197 g/mol.